The topological polar surface area (TPSA) is 70.2 Å². The highest BCUT2D eigenvalue weighted by atomic mass is 16.2. The quantitative estimate of drug-likeness (QED) is 0.719. The highest BCUT2D eigenvalue weighted by Crippen LogP contribution is 2.19. The summed E-state index contributed by atoms with van der Waals surface area (Å²) < 4.78 is 0. The summed E-state index contributed by atoms with van der Waals surface area (Å²) in [5, 5.41) is 8.63. The van der Waals surface area contributed by atoms with Gasteiger partial charge in [-0.05, 0) is 43.7 Å². The summed E-state index contributed by atoms with van der Waals surface area (Å²) in [4.78, 5) is 24.3. The summed E-state index contributed by atoms with van der Waals surface area (Å²) >= 11 is 0. The molecule has 0 heterocycles. The van der Waals surface area contributed by atoms with Crippen LogP contribution < -0.4 is 16.0 Å². The minimum Gasteiger partial charge on any atom is -0.335 e. The van der Waals surface area contributed by atoms with E-state index in [1.54, 1.807) is 6.92 Å². The zero-order valence-electron chi connectivity index (χ0n) is 16.5. The maximum absolute atomic E-state index is 12.3. The molecule has 0 aliphatic heterocycles. The van der Waals surface area contributed by atoms with Crippen molar-refractivity contribution in [1.29, 1.82) is 0 Å². The van der Waals surface area contributed by atoms with E-state index in [4.69, 9.17) is 0 Å². The number of carbonyl (C=O) groups excluding carboxylic acids is 2. The maximum Gasteiger partial charge on any atom is 0.321 e. The normalized spacial score (nSPS) is 17.6. The van der Waals surface area contributed by atoms with Crippen molar-refractivity contribution in [3.05, 3.63) is 35.4 Å². The third-order valence-corrected chi connectivity index (χ3v) is 5.17. The van der Waals surface area contributed by atoms with Crippen LogP contribution in [0.25, 0.3) is 0 Å². The van der Waals surface area contributed by atoms with E-state index in [2.05, 4.69) is 54.1 Å². The van der Waals surface area contributed by atoms with Gasteiger partial charge in [0.2, 0.25) is 5.91 Å². The first-order chi connectivity index (χ1) is 12.4. The Kier molecular flexibility index (Phi) is 7.64. The van der Waals surface area contributed by atoms with E-state index in [1.165, 1.54) is 12.0 Å². The molecular weight excluding hydrogens is 326 g/mol. The number of urea groups is 1. The fourth-order valence-electron chi connectivity index (χ4n) is 3.41. The van der Waals surface area contributed by atoms with E-state index in [0.29, 0.717) is 5.92 Å². The van der Waals surface area contributed by atoms with E-state index in [9.17, 15) is 9.59 Å². The first-order valence-corrected chi connectivity index (χ1v) is 9.84. The highest BCUT2D eigenvalue weighted by Gasteiger charge is 2.21. The molecule has 0 radical (unpaired) electrons. The number of amides is 3. The molecule has 1 aliphatic carbocycles. The van der Waals surface area contributed by atoms with Crippen LogP contribution in [-0.2, 0) is 4.79 Å². The molecule has 2 atom stereocenters. The Morgan fingerprint density at radius 1 is 0.923 bits per heavy atom. The molecule has 5 heteroatoms. The molecule has 0 unspecified atom stereocenters. The van der Waals surface area contributed by atoms with Crippen LogP contribution in [0, 0.1) is 0 Å². The molecule has 144 valence electrons. The third kappa shape index (κ3) is 6.13. The van der Waals surface area contributed by atoms with Crippen LogP contribution in [0.1, 0.15) is 82.9 Å². The summed E-state index contributed by atoms with van der Waals surface area (Å²) in [6, 6.07) is 7.81. The Balaban J connectivity index is 1.80. The number of imide groups is 1. The standard InChI is InChI=1S/C21H33N3O2/c1-14(2)17-10-12-18(13-11-17)15(3)22-16(4)20(25)24-21(26)23-19-8-6-5-7-9-19/h10-16,19,22H,5-9H2,1-4H3,(H2,23,24,25,26)/t15-,16+/m1/s1. The van der Waals surface area contributed by atoms with Gasteiger partial charge in [0.15, 0.2) is 0 Å². The second-order valence-corrected chi connectivity index (χ2v) is 7.73. The molecule has 3 N–H and O–H groups in total. The molecule has 5 nitrogen and oxygen atoms in total. The second-order valence-electron chi connectivity index (χ2n) is 7.73. The van der Waals surface area contributed by atoms with Gasteiger partial charge in [-0.15, -0.1) is 0 Å². The van der Waals surface area contributed by atoms with E-state index in [-0.39, 0.29) is 24.0 Å². The number of nitrogens with one attached hydrogen (secondary N) is 3. The predicted molar refractivity (Wildman–Crippen MR) is 105 cm³/mol. The highest BCUT2D eigenvalue weighted by molar-refractivity contribution is 5.96. The molecule has 0 aromatic heterocycles. The van der Waals surface area contributed by atoms with Crippen LogP contribution in [0.2, 0.25) is 0 Å². The van der Waals surface area contributed by atoms with Gasteiger partial charge in [-0.25, -0.2) is 4.79 Å². The summed E-state index contributed by atoms with van der Waals surface area (Å²) in [5.74, 6) is 0.198. The maximum atomic E-state index is 12.3. The number of hydrogen-bond acceptors (Lipinski definition) is 3. The van der Waals surface area contributed by atoms with E-state index in [0.717, 1.165) is 31.2 Å². The lowest BCUT2D eigenvalue weighted by molar-refractivity contribution is -0.121. The average Bonchev–Trinajstić information content (AvgIpc) is 2.62. The van der Waals surface area contributed by atoms with Crippen molar-refractivity contribution < 1.29 is 9.59 Å². The fourth-order valence-corrected chi connectivity index (χ4v) is 3.41. The summed E-state index contributed by atoms with van der Waals surface area (Å²) in [5.41, 5.74) is 2.42. The third-order valence-electron chi connectivity index (χ3n) is 5.17. The SMILES string of the molecule is CC(C)c1ccc([C@@H](C)N[C@@H](C)C(=O)NC(=O)NC2CCCCC2)cc1. The number of hydrogen-bond donors (Lipinski definition) is 3. The van der Waals surface area contributed by atoms with Gasteiger partial charge >= 0.3 is 6.03 Å². The lowest BCUT2D eigenvalue weighted by Gasteiger charge is -2.24. The van der Waals surface area contributed by atoms with Crippen LogP contribution in [0.4, 0.5) is 4.79 Å². The largest absolute Gasteiger partial charge is 0.335 e. The molecule has 1 aromatic rings. The van der Waals surface area contributed by atoms with E-state index >= 15 is 0 Å². The Morgan fingerprint density at radius 2 is 1.50 bits per heavy atom. The lowest BCUT2D eigenvalue weighted by Crippen LogP contribution is -2.50. The number of benzene rings is 1. The molecule has 2 rings (SSSR count). The summed E-state index contributed by atoms with van der Waals surface area (Å²) in [6.07, 6.45) is 5.52. The van der Waals surface area contributed by atoms with Gasteiger partial charge in [0.1, 0.15) is 0 Å². The zero-order chi connectivity index (χ0) is 19.1. The van der Waals surface area contributed by atoms with Crippen LogP contribution in [0.15, 0.2) is 24.3 Å². The molecule has 1 fully saturated rings. The van der Waals surface area contributed by atoms with Crippen molar-refractivity contribution in [3.63, 3.8) is 0 Å². The molecule has 26 heavy (non-hydrogen) atoms. The monoisotopic (exact) mass is 359 g/mol. The van der Waals surface area contributed by atoms with Crippen LogP contribution in [0.3, 0.4) is 0 Å². The smallest absolute Gasteiger partial charge is 0.321 e. The van der Waals surface area contributed by atoms with Gasteiger partial charge in [0, 0.05) is 12.1 Å². The molecule has 0 bridgehead atoms. The number of rotatable bonds is 6. The van der Waals surface area contributed by atoms with Crippen molar-refractivity contribution in [2.24, 2.45) is 0 Å². The molecule has 1 saturated carbocycles. The van der Waals surface area contributed by atoms with Crippen LogP contribution in [0.5, 0.6) is 0 Å². The first kappa shape index (κ1) is 20.4. The van der Waals surface area contributed by atoms with Gasteiger partial charge < -0.3 is 5.32 Å². The Bertz CT molecular complexity index is 592. The summed E-state index contributed by atoms with van der Waals surface area (Å²) in [6.45, 7) is 8.14. The Morgan fingerprint density at radius 3 is 2.08 bits per heavy atom. The summed E-state index contributed by atoms with van der Waals surface area (Å²) in [7, 11) is 0. The van der Waals surface area contributed by atoms with Gasteiger partial charge in [-0.2, -0.15) is 0 Å². The zero-order valence-corrected chi connectivity index (χ0v) is 16.5. The van der Waals surface area contributed by atoms with E-state index in [1.807, 2.05) is 6.92 Å². The lowest BCUT2D eigenvalue weighted by atomic mass is 9.96. The minimum absolute atomic E-state index is 0.0263. The Hall–Kier alpha value is -1.88. The van der Waals surface area contributed by atoms with Crippen molar-refractivity contribution in [1.82, 2.24) is 16.0 Å². The van der Waals surface area contributed by atoms with Crippen LogP contribution >= 0.6 is 0 Å². The van der Waals surface area contributed by atoms with Gasteiger partial charge in [-0.3, -0.25) is 15.4 Å². The minimum atomic E-state index is -0.452. The number of carbonyl (C=O) groups is 2. The van der Waals surface area contributed by atoms with Gasteiger partial charge in [0.25, 0.3) is 0 Å². The fraction of sp³-hybridized carbons (Fsp3) is 0.619. The molecule has 1 aliphatic rings. The van der Waals surface area contributed by atoms with Gasteiger partial charge in [-0.1, -0.05) is 57.4 Å². The molecule has 0 saturated heterocycles. The van der Waals surface area contributed by atoms with E-state index < -0.39 is 6.04 Å². The van der Waals surface area contributed by atoms with Crippen molar-refractivity contribution >= 4 is 11.9 Å². The molecule has 1 aromatic carbocycles. The average molecular weight is 360 g/mol. The molecular formula is C21H33N3O2. The second kappa shape index (κ2) is 9.72. The van der Waals surface area contributed by atoms with Crippen molar-refractivity contribution in [2.75, 3.05) is 0 Å². The molecule has 3 amide bonds. The van der Waals surface area contributed by atoms with Crippen molar-refractivity contribution in [3.8, 4) is 0 Å². The first-order valence-electron chi connectivity index (χ1n) is 9.84. The van der Waals surface area contributed by atoms with Crippen molar-refractivity contribution in [2.45, 2.75) is 83.8 Å². The van der Waals surface area contributed by atoms with Crippen LogP contribution in [-0.4, -0.2) is 24.0 Å². The predicted octanol–water partition coefficient (Wildman–Crippen LogP) is 4.01. The Labute approximate surface area is 157 Å². The molecule has 0 spiro atoms. The van der Waals surface area contributed by atoms with Gasteiger partial charge in [0.05, 0.1) is 6.04 Å².